The van der Waals surface area contributed by atoms with Gasteiger partial charge in [0.2, 0.25) is 0 Å². The Morgan fingerprint density at radius 1 is 1.53 bits per heavy atom. The van der Waals surface area contributed by atoms with Crippen LogP contribution < -0.4 is 10.6 Å². The van der Waals surface area contributed by atoms with Crippen molar-refractivity contribution in [2.45, 2.75) is 18.6 Å². The van der Waals surface area contributed by atoms with Gasteiger partial charge in [-0.15, -0.1) is 0 Å². The molecule has 1 saturated heterocycles. The molecule has 1 aliphatic rings. The van der Waals surface area contributed by atoms with E-state index < -0.39 is 6.10 Å². The molecule has 1 aliphatic heterocycles. The van der Waals surface area contributed by atoms with E-state index in [2.05, 4.69) is 15.6 Å². The molecule has 0 aromatic carbocycles. The van der Waals surface area contributed by atoms with Crippen LogP contribution in [0.1, 0.15) is 16.8 Å². The Kier molecular flexibility index (Phi) is 4.34. The van der Waals surface area contributed by atoms with Gasteiger partial charge in [-0.1, -0.05) is 0 Å². The smallest absolute Gasteiger partial charge is 0.254 e. The summed E-state index contributed by atoms with van der Waals surface area (Å²) in [4.78, 5) is 17.5. The van der Waals surface area contributed by atoms with Crippen LogP contribution in [0.15, 0.2) is 18.3 Å². The van der Waals surface area contributed by atoms with Crippen molar-refractivity contribution in [3.8, 4) is 0 Å². The molecule has 0 unspecified atom stereocenters. The molecule has 1 aromatic heterocycles. The first kappa shape index (κ1) is 13.8. The number of piperidine rings is 1. The minimum Gasteiger partial charge on any atom is -0.390 e. The van der Waals surface area contributed by atoms with Crippen molar-refractivity contribution in [1.29, 1.82) is 0 Å². The van der Waals surface area contributed by atoms with Crippen molar-refractivity contribution < 1.29 is 9.90 Å². The van der Waals surface area contributed by atoms with E-state index >= 15 is 0 Å². The first-order chi connectivity index (χ1) is 9.08. The quantitative estimate of drug-likeness (QED) is 0.712. The number of β-amino-alcohol motifs (C(OH)–C–C–N with tert-alkyl or cyclic N) is 1. The fourth-order valence-electron chi connectivity index (χ4n) is 2.06. The van der Waals surface area contributed by atoms with E-state index in [0.29, 0.717) is 17.9 Å². The lowest BCUT2D eigenvalue weighted by atomic mass is 10.0. The monoisotopic (exact) mass is 264 g/mol. The topological polar surface area (TPSA) is 77.5 Å². The summed E-state index contributed by atoms with van der Waals surface area (Å²) in [6.45, 7) is 1.47. The van der Waals surface area contributed by atoms with E-state index in [-0.39, 0.29) is 11.9 Å². The van der Waals surface area contributed by atoms with Crippen LogP contribution >= 0.6 is 0 Å². The summed E-state index contributed by atoms with van der Waals surface area (Å²) in [6, 6.07) is 3.51. The van der Waals surface area contributed by atoms with Crippen molar-refractivity contribution in [3.63, 3.8) is 0 Å². The highest BCUT2D eigenvalue weighted by Crippen LogP contribution is 2.12. The van der Waals surface area contributed by atoms with E-state index in [1.165, 1.54) is 4.90 Å². The fourth-order valence-corrected chi connectivity index (χ4v) is 2.06. The third-order valence-electron chi connectivity index (χ3n) is 3.20. The van der Waals surface area contributed by atoms with Crippen LogP contribution in [0, 0.1) is 0 Å². The molecule has 0 saturated carbocycles. The molecule has 104 valence electrons. The van der Waals surface area contributed by atoms with Crippen LogP contribution in [0.2, 0.25) is 0 Å². The molecule has 1 aromatic rings. The molecule has 2 rings (SSSR count). The molecule has 2 atom stereocenters. The minimum atomic E-state index is -0.418. The number of aliphatic hydroxyl groups is 1. The maximum Gasteiger partial charge on any atom is 0.254 e. The van der Waals surface area contributed by atoms with Crippen molar-refractivity contribution in [2.75, 3.05) is 32.5 Å². The maximum atomic E-state index is 11.7. The molecule has 1 fully saturated rings. The molecule has 3 N–H and O–H groups in total. The second-order valence-electron chi connectivity index (χ2n) is 4.94. The second kappa shape index (κ2) is 5.99. The first-order valence-electron chi connectivity index (χ1n) is 6.41. The van der Waals surface area contributed by atoms with E-state index in [1.54, 1.807) is 32.4 Å². The molecular formula is C13H20N4O2. The lowest BCUT2D eigenvalue weighted by Crippen LogP contribution is -2.47. The highest BCUT2D eigenvalue weighted by atomic mass is 16.3. The number of pyridine rings is 1. The molecular weight excluding hydrogens is 244 g/mol. The van der Waals surface area contributed by atoms with Crippen LogP contribution in [0.5, 0.6) is 0 Å². The number of anilines is 1. The number of aromatic nitrogens is 1. The average molecular weight is 264 g/mol. The predicted octanol–water partition coefficient (Wildman–Crippen LogP) is -0.0819. The normalized spacial score (nSPS) is 22.9. The number of nitrogens with one attached hydrogen (secondary N) is 2. The Balaban J connectivity index is 2.00. The van der Waals surface area contributed by atoms with Crippen molar-refractivity contribution >= 4 is 11.7 Å². The molecule has 0 radical (unpaired) electrons. The zero-order chi connectivity index (χ0) is 13.8. The fraction of sp³-hybridized carbons (Fsp3) is 0.538. The zero-order valence-electron chi connectivity index (χ0n) is 11.3. The van der Waals surface area contributed by atoms with Gasteiger partial charge in [0.25, 0.3) is 5.91 Å². The van der Waals surface area contributed by atoms with E-state index in [4.69, 9.17) is 0 Å². The first-order valence-corrected chi connectivity index (χ1v) is 6.41. The summed E-state index contributed by atoms with van der Waals surface area (Å²) < 4.78 is 0. The standard InChI is InChI=1S/C13H20N4O2/c1-17(2)13(19)9-3-4-12(15-7-9)16-10-5-6-14-8-11(10)18/h3-4,7,10-11,14,18H,5-6,8H2,1-2H3,(H,15,16)/t10-,11-/m1/s1. The number of hydrogen-bond acceptors (Lipinski definition) is 5. The highest BCUT2D eigenvalue weighted by Gasteiger charge is 2.22. The van der Waals surface area contributed by atoms with E-state index in [0.717, 1.165) is 13.0 Å². The van der Waals surface area contributed by atoms with Crippen molar-refractivity contribution in [3.05, 3.63) is 23.9 Å². The van der Waals surface area contributed by atoms with Crippen LogP contribution in [0.4, 0.5) is 5.82 Å². The van der Waals surface area contributed by atoms with Gasteiger partial charge in [-0.2, -0.15) is 0 Å². The van der Waals surface area contributed by atoms with Gasteiger partial charge in [-0.25, -0.2) is 4.98 Å². The SMILES string of the molecule is CN(C)C(=O)c1ccc(N[C@@H]2CCNC[C@H]2O)nc1. The van der Waals surface area contributed by atoms with Gasteiger partial charge >= 0.3 is 0 Å². The summed E-state index contributed by atoms with van der Waals surface area (Å²) in [5.41, 5.74) is 0.557. The number of carbonyl (C=O) groups is 1. The van der Waals surface area contributed by atoms with Gasteiger partial charge in [-0.3, -0.25) is 4.79 Å². The van der Waals surface area contributed by atoms with Crippen LogP contribution in [-0.2, 0) is 0 Å². The Hall–Kier alpha value is -1.66. The van der Waals surface area contributed by atoms with Gasteiger partial charge < -0.3 is 20.6 Å². The molecule has 19 heavy (non-hydrogen) atoms. The summed E-state index contributed by atoms with van der Waals surface area (Å²) in [5.74, 6) is 0.613. The predicted molar refractivity (Wildman–Crippen MR) is 73.2 cm³/mol. The van der Waals surface area contributed by atoms with Crippen molar-refractivity contribution in [1.82, 2.24) is 15.2 Å². The summed E-state index contributed by atoms with van der Waals surface area (Å²) in [7, 11) is 3.42. The molecule has 0 spiro atoms. The maximum absolute atomic E-state index is 11.7. The number of nitrogens with zero attached hydrogens (tertiary/aromatic N) is 2. The van der Waals surface area contributed by atoms with Gasteiger partial charge in [0.1, 0.15) is 5.82 Å². The Bertz CT molecular complexity index is 433. The van der Waals surface area contributed by atoms with Crippen molar-refractivity contribution in [2.24, 2.45) is 0 Å². The Labute approximate surface area is 112 Å². The highest BCUT2D eigenvalue weighted by molar-refractivity contribution is 5.93. The average Bonchev–Trinajstić information content (AvgIpc) is 2.41. The van der Waals surface area contributed by atoms with Crippen LogP contribution in [-0.4, -0.2) is 60.2 Å². The molecule has 2 heterocycles. The lowest BCUT2D eigenvalue weighted by molar-refractivity contribution is 0.0827. The molecule has 0 bridgehead atoms. The summed E-state index contributed by atoms with van der Waals surface area (Å²) >= 11 is 0. The van der Waals surface area contributed by atoms with E-state index in [9.17, 15) is 9.90 Å². The molecule has 0 aliphatic carbocycles. The number of hydrogen-bond donors (Lipinski definition) is 3. The largest absolute Gasteiger partial charge is 0.390 e. The molecule has 6 heteroatoms. The number of rotatable bonds is 3. The summed E-state index contributed by atoms with van der Waals surface area (Å²) in [6.07, 6.45) is 1.98. The Morgan fingerprint density at radius 2 is 2.32 bits per heavy atom. The zero-order valence-corrected chi connectivity index (χ0v) is 11.3. The van der Waals surface area contributed by atoms with Gasteiger partial charge in [0, 0.05) is 26.8 Å². The molecule has 1 amide bonds. The van der Waals surface area contributed by atoms with Gasteiger partial charge in [-0.05, 0) is 25.1 Å². The minimum absolute atomic E-state index is 0.00384. The lowest BCUT2D eigenvalue weighted by Gasteiger charge is -2.29. The van der Waals surface area contributed by atoms with Gasteiger partial charge in [0.15, 0.2) is 0 Å². The number of amides is 1. The third kappa shape index (κ3) is 3.42. The summed E-state index contributed by atoms with van der Waals surface area (Å²) in [5, 5.41) is 16.2. The third-order valence-corrected chi connectivity index (χ3v) is 3.20. The van der Waals surface area contributed by atoms with E-state index in [1.807, 2.05) is 0 Å². The Morgan fingerprint density at radius 3 is 2.89 bits per heavy atom. The molecule has 6 nitrogen and oxygen atoms in total. The van der Waals surface area contributed by atoms with Gasteiger partial charge in [0.05, 0.1) is 17.7 Å². The van der Waals surface area contributed by atoms with Crippen LogP contribution in [0.25, 0.3) is 0 Å². The number of aliphatic hydroxyl groups excluding tert-OH is 1. The number of carbonyl (C=O) groups excluding carboxylic acids is 1. The van der Waals surface area contributed by atoms with Crippen LogP contribution in [0.3, 0.4) is 0 Å². The second-order valence-corrected chi connectivity index (χ2v) is 4.94.